The fourth-order valence-electron chi connectivity index (χ4n) is 3.91. The second-order valence-corrected chi connectivity index (χ2v) is 14.9. The molecule has 1 amide bonds. The number of hydrogen-bond donors (Lipinski definition) is 2. The molecule has 0 saturated carbocycles. The first-order chi connectivity index (χ1) is 17.7. The Hall–Kier alpha value is -2.00. The second-order valence-electron chi connectivity index (χ2n) is 8.72. The maximum Gasteiger partial charge on any atom is 0.243 e. The topological polar surface area (TPSA) is 147 Å². The van der Waals surface area contributed by atoms with Gasteiger partial charge in [0.05, 0.1) is 16.0 Å². The summed E-state index contributed by atoms with van der Waals surface area (Å²) < 4.78 is 80.6. The number of nitrogens with zero attached hydrogens (tertiary/aromatic N) is 1. The summed E-state index contributed by atoms with van der Waals surface area (Å²) in [5, 5.41) is 0.749. The molecular formula is C23H27Cl2N3O7S3. The number of carbonyl (C=O) groups excluding carboxylic acids is 1. The molecule has 208 valence electrons. The van der Waals surface area contributed by atoms with Crippen LogP contribution in [0.25, 0.3) is 0 Å². The first-order valence-corrected chi connectivity index (χ1v) is 17.0. The molecular weight excluding hydrogens is 597 g/mol. The number of hydrogen-bond acceptors (Lipinski definition) is 7. The molecule has 0 aliphatic carbocycles. The van der Waals surface area contributed by atoms with Gasteiger partial charge in [0, 0.05) is 35.1 Å². The Labute approximate surface area is 233 Å². The van der Waals surface area contributed by atoms with Crippen molar-refractivity contribution in [3.63, 3.8) is 0 Å². The minimum absolute atomic E-state index is 0.000343. The monoisotopic (exact) mass is 623 g/mol. The third kappa shape index (κ3) is 8.50. The van der Waals surface area contributed by atoms with Crippen LogP contribution in [-0.4, -0.2) is 60.3 Å². The van der Waals surface area contributed by atoms with Crippen molar-refractivity contribution in [2.24, 2.45) is 0 Å². The van der Waals surface area contributed by atoms with Gasteiger partial charge in [0.1, 0.15) is 0 Å². The van der Waals surface area contributed by atoms with E-state index < -0.39 is 48.1 Å². The fourth-order valence-corrected chi connectivity index (χ4v) is 7.55. The molecule has 2 aromatic rings. The molecule has 0 radical (unpaired) electrons. The largest absolute Gasteiger partial charge is 0.274 e. The smallest absolute Gasteiger partial charge is 0.243 e. The lowest BCUT2D eigenvalue weighted by Gasteiger charge is -2.22. The number of rotatable bonds is 11. The number of unbranched alkanes of at least 4 members (excludes halogenated alkanes) is 1. The second kappa shape index (κ2) is 12.5. The molecule has 2 atom stereocenters. The van der Waals surface area contributed by atoms with E-state index in [4.69, 9.17) is 23.2 Å². The lowest BCUT2D eigenvalue weighted by atomic mass is 10.1. The van der Waals surface area contributed by atoms with Crippen LogP contribution in [0.15, 0.2) is 70.5 Å². The van der Waals surface area contributed by atoms with Crippen molar-refractivity contribution in [3.8, 4) is 0 Å². The number of halogens is 2. The van der Waals surface area contributed by atoms with E-state index in [-0.39, 0.29) is 29.2 Å². The van der Waals surface area contributed by atoms with Crippen molar-refractivity contribution in [1.29, 1.82) is 0 Å². The maximum atomic E-state index is 13.4. The number of sulfonamides is 3. The van der Waals surface area contributed by atoms with Crippen molar-refractivity contribution in [1.82, 2.24) is 13.7 Å². The zero-order valence-electron chi connectivity index (χ0n) is 20.2. The molecule has 0 unspecified atom stereocenters. The molecule has 15 heteroatoms. The van der Waals surface area contributed by atoms with Crippen molar-refractivity contribution in [3.05, 3.63) is 70.7 Å². The third-order valence-electron chi connectivity index (χ3n) is 5.59. The molecule has 1 aliphatic rings. The van der Waals surface area contributed by atoms with E-state index in [2.05, 4.69) is 4.72 Å². The average molecular weight is 625 g/mol. The average Bonchev–Trinajstić information content (AvgIpc) is 3.21. The summed E-state index contributed by atoms with van der Waals surface area (Å²) in [5.74, 6) is -0.634. The van der Waals surface area contributed by atoms with E-state index in [1.54, 1.807) is 12.2 Å². The van der Waals surface area contributed by atoms with Crippen molar-refractivity contribution in [2.45, 2.75) is 47.6 Å². The van der Waals surface area contributed by atoms with Crippen LogP contribution < -0.4 is 9.44 Å². The van der Waals surface area contributed by atoms with Crippen LogP contribution >= 0.6 is 23.2 Å². The molecule has 0 bridgehead atoms. The normalized spacial score (nSPS) is 19.1. The van der Waals surface area contributed by atoms with Crippen LogP contribution in [0.1, 0.15) is 25.7 Å². The molecule has 0 aromatic heterocycles. The van der Waals surface area contributed by atoms with Gasteiger partial charge in [0.15, 0.2) is 0 Å². The highest BCUT2D eigenvalue weighted by molar-refractivity contribution is 7.90. The number of benzene rings is 2. The van der Waals surface area contributed by atoms with E-state index >= 15 is 0 Å². The zero-order chi connectivity index (χ0) is 28.1. The lowest BCUT2D eigenvalue weighted by molar-refractivity contribution is -0.119. The SMILES string of the molecule is CS(=O)(=O)NC(=O)CCC/C=C\[C@@H]1C[C@@H](NS(=O)(=O)c2ccc(Cl)cc2)CN1S(=O)(=O)c1ccc(Cl)cc1. The predicted molar refractivity (Wildman–Crippen MR) is 145 cm³/mol. The molecule has 3 rings (SSSR count). The summed E-state index contributed by atoms with van der Waals surface area (Å²) in [7, 11) is -11.6. The van der Waals surface area contributed by atoms with Gasteiger partial charge in [-0.15, -0.1) is 0 Å². The quantitative estimate of drug-likeness (QED) is 0.289. The van der Waals surface area contributed by atoms with Crippen LogP contribution in [0.5, 0.6) is 0 Å². The maximum absolute atomic E-state index is 13.4. The van der Waals surface area contributed by atoms with Gasteiger partial charge in [0.25, 0.3) is 0 Å². The van der Waals surface area contributed by atoms with Crippen LogP contribution in [-0.2, 0) is 34.9 Å². The van der Waals surface area contributed by atoms with Gasteiger partial charge in [-0.05, 0) is 67.8 Å². The van der Waals surface area contributed by atoms with Gasteiger partial charge in [-0.25, -0.2) is 30.0 Å². The summed E-state index contributed by atoms with van der Waals surface area (Å²) in [5.41, 5.74) is 0. The Morgan fingerprint density at radius 3 is 2.05 bits per heavy atom. The van der Waals surface area contributed by atoms with E-state index in [9.17, 15) is 30.0 Å². The van der Waals surface area contributed by atoms with E-state index in [1.807, 2.05) is 4.72 Å². The molecule has 2 N–H and O–H groups in total. The van der Waals surface area contributed by atoms with E-state index in [0.29, 0.717) is 22.9 Å². The standard InChI is InChI=1S/C23H27Cl2N3O7S3/c1-36(30,31)27-23(29)6-4-2-3-5-20-15-19(26-37(32,33)21-11-7-17(24)8-12-21)16-28(20)38(34,35)22-13-9-18(25)10-14-22/h3,5,7-14,19-20,26H,2,4,6,15-16H2,1H3,(H,27,29)/b5-3-/t19-,20-/m1/s1. The Kier molecular flexibility index (Phi) is 10.0. The molecule has 1 saturated heterocycles. The van der Waals surface area contributed by atoms with Crippen LogP contribution in [0.4, 0.5) is 0 Å². The van der Waals surface area contributed by atoms with Gasteiger partial charge in [-0.2, -0.15) is 4.31 Å². The summed E-state index contributed by atoms with van der Waals surface area (Å²) in [6.45, 7) is -0.108. The van der Waals surface area contributed by atoms with Crippen molar-refractivity contribution < 1.29 is 30.0 Å². The van der Waals surface area contributed by atoms with Crippen LogP contribution in [0.2, 0.25) is 10.0 Å². The predicted octanol–water partition coefficient (Wildman–Crippen LogP) is 2.91. The minimum Gasteiger partial charge on any atom is -0.274 e. The molecule has 1 aliphatic heterocycles. The lowest BCUT2D eigenvalue weighted by Crippen LogP contribution is -2.39. The van der Waals surface area contributed by atoms with Gasteiger partial charge < -0.3 is 0 Å². The summed E-state index contributed by atoms with van der Waals surface area (Å²) in [6, 6.07) is 9.90. The van der Waals surface area contributed by atoms with E-state index in [1.165, 1.54) is 52.8 Å². The molecule has 0 spiro atoms. The summed E-state index contributed by atoms with van der Waals surface area (Å²) >= 11 is 11.8. The number of carbonyl (C=O) groups is 1. The highest BCUT2D eigenvalue weighted by Gasteiger charge is 2.40. The Morgan fingerprint density at radius 2 is 1.50 bits per heavy atom. The Balaban J connectivity index is 1.76. The van der Waals surface area contributed by atoms with E-state index in [0.717, 1.165) is 6.26 Å². The van der Waals surface area contributed by atoms with Crippen LogP contribution in [0, 0.1) is 0 Å². The Morgan fingerprint density at radius 1 is 0.947 bits per heavy atom. The fraction of sp³-hybridized carbons (Fsp3) is 0.348. The molecule has 1 heterocycles. The van der Waals surface area contributed by atoms with Crippen LogP contribution in [0.3, 0.4) is 0 Å². The van der Waals surface area contributed by atoms with Crippen molar-refractivity contribution in [2.75, 3.05) is 12.8 Å². The van der Waals surface area contributed by atoms with Crippen molar-refractivity contribution >= 4 is 59.2 Å². The summed E-state index contributed by atoms with van der Waals surface area (Å²) in [6.07, 6.45) is 5.09. The molecule has 38 heavy (non-hydrogen) atoms. The van der Waals surface area contributed by atoms with Gasteiger partial charge >= 0.3 is 0 Å². The highest BCUT2D eigenvalue weighted by Crippen LogP contribution is 2.29. The zero-order valence-corrected chi connectivity index (χ0v) is 24.2. The highest BCUT2D eigenvalue weighted by atomic mass is 35.5. The molecule has 2 aromatic carbocycles. The first-order valence-electron chi connectivity index (χ1n) is 11.4. The minimum atomic E-state index is -4.00. The number of nitrogens with one attached hydrogen (secondary N) is 2. The van der Waals surface area contributed by atoms with Gasteiger partial charge in [0.2, 0.25) is 36.0 Å². The number of allylic oxidation sites excluding steroid dienone is 1. The van der Waals surface area contributed by atoms with Gasteiger partial charge in [-0.1, -0.05) is 35.4 Å². The van der Waals surface area contributed by atoms with Gasteiger partial charge in [-0.3, -0.25) is 9.52 Å². The Bertz CT molecular complexity index is 1490. The summed E-state index contributed by atoms with van der Waals surface area (Å²) in [4.78, 5) is 11.7. The number of amides is 1. The third-order valence-corrected chi connectivity index (χ3v) is 10.1. The molecule has 1 fully saturated rings. The first kappa shape index (κ1) is 30.5. The molecule has 10 nitrogen and oxygen atoms in total.